The number of hydrogen-bond acceptors (Lipinski definition) is 6. The van der Waals surface area contributed by atoms with Crippen LogP contribution in [0.4, 0.5) is 0 Å². The summed E-state index contributed by atoms with van der Waals surface area (Å²) in [5.74, 6) is -1.04. The lowest BCUT2D eigenvalue weighted by atomic mass is 10.1. The van der Waals surface area contributed by atoms with Crippen LogP contribution in [0.1, 0.15) is 162 Å². The highest BCUT2D eigenvalue weighted by Crippen LogP contribution is 2.10. The van der Waals surface area contributed by atoms with Crippen molar-refractivity contribution in [2.24, 2.45) is 0 Å². The van der Waals surface area contributed by atoms with Gasteiger partial charge in [-0.05, 0) is 77.0 Å². The molecule has 0 N–H and O–H groups in total. The van der Waals surface area contributed by atoms with Crippen molar-refractivity contribution in [3.05, 3.63) is 72.9 Å². The van der Waals surface area contributed by atoms with Crippen LogP contribution in [0.2, 0.25) is 0 Å². The molecule has 0 spiro atoms. The van der Waals surface area contributed by atoms with Crippen LogP contribution >= 0.6 is 0 Å². The highest BCUT2D eigenvalue weighted by atomic mass is 16.6. The van der Waals surface area contributed by atoms with Gasteiger partial charge in [-0.1, -0.05) is 139 Å². The molecule has 0 aromatic carbocycles. The third-order valence-electron chi connectivity index (χ3n) is 7.76. The van der Waals surface area contributed by atoms with Gasteiger partial charge in [-0.15, -0.1) is 0 Å². The number of hydrogen-bond donors (Lipinski definition) is 0. The van der Waals surface area contributed by atoms with E-state index in [9.17, 15) is 14.4 Å². The van der Waals surface area contributed by atoms with Gasteiger partial charge >= 0.3 is 17.9 Å². The maximum atomic E-state index is 12.6. The minimum atomic E-state index is -0.812. The first-order chi connectivity index (χ1) is 24.0. The van der Waals surface area contributed by atoms with Gasteiger partial charge in [-0.25, -0.2) is 0 Å². The molecule has 0 amide bonds. The molecule has 0 saturated carbocycles. The van der Waals surface area contributed by atoms with Gasteiger partial charge < -0.3 is 14.2 Å². The predicted octanol–water partition coefficient (Wildman–Crippen LogP) is 12.0. The molecule has 0 rings (SSSR count). The topological polar surface area (TPSA) is 78.9 Å². The molecule has 6 nitrogen and oxygen atoms in total. The van der Waals surface area contributed by atoms with Crippen molar-refractivity contribution in [3.63, 3.8) is 0 Å². The summed E-state index contributed by atoms with van der Waals surface area (Å²) >= 11 is 0. The molecule has 0 aliphatic carbocycles. The van der Waals surface area contributed by atoms with Crippen LogP contribution in [0.15, 0.2) is 72.9 Å². The highest BCUT2D eigenvalue weighted by Gasteiger charge is 2.19. The van der Waals surface area contributed by atoms with Crippen molar-refractivity contribution >= 4 is 17.9 Å². The Morgan fingerprint density at radius 3 is 1.35 bits per heavy atom. The third kappa shape index (κ3) is 36.0. The Morgan fingerprint density at radius 1 is 0.429 bits per heavy atom. The van der Waals surface area contributed by atoms with E-state index in [1.54, 1.807) is 0 Å². The Hall–Kier alpha value is -3.15. The molecule has 0 fully saturated rings. The molecule has 0 saturated heterocycles. The molecule has 0 aliphatic rings. The lowest BCUT2D eigenvalue weighted by Gasteiger charge is -2.18. The first kappa shape index (κ1) is 45.9. The third-order valence-corrected chi connectivity index (χ3v) is 7.76. The van der Waals surface area contributed by atoms with Gasteiger partial charge in [0.05, 0.1) is 0 Å². The fraction of sp³-hybridized carbons (Fsp3) is 0.651. The molecule has 0 heterocycles. The summed E-state index contributed by atoms with van der Waals surface area (Å²) in [7, 11) is 0. The van der Waals surface area contributed by atoms with E-state index in [1.165, 1.54) is 51.4 Å². The predicted molar refractivity (Wildman–Crippen MR) is 205 cm³/mol. The van der Waals surface area contributed by atoms with Crippen molar-refractivity contribution in [2.45, 2.75) is 168 Å². The lowest BCUT2D eigenvalue weighted by molar-refractivity contribution is -0.167. The maximum absolute atomic E-state index is 12.6. The van der Waals surface area contributed by atoms with E-state index in [1.807, 2.05) is 36.5 Å². The average molecular weight is 683 g/mol. The normalized spacial score (nSPS) is 12.8. The van der Waals surface area contributed by atoms with Crippen LogP contribution in [0.3, 0.4) is 0 Å². The van der Waals surface area contributed by atoms with Crippen LogP contribution in [0, 0.1) is 0 Å². The molecule has 0 aromatic rings. The number of rotatable bonds is 33. The second kappa shape index (κ2) is 37.7. The minimum absolute atomic E-state index is 0.116. The summed E-state index contributed by atoms with van der Waals surface area (Å²) in [5, 5.41) is 0. The summed E-state index contributed by atoms with van der Waals surface area (Å²) in [6.45, 7) is 6.29. The fourth-order valence-electron chi connectivity index (χ4n) is 4.81. The summed E-state index contributed by atoms with van der Waals surface area (Å²) < 4.78 is 16.5. The van der Waals surface area contributed by atoms with Crippen molar-refractivity contribution in [1.82, 2.24) is 0 Å². The molecular formula is C43H70O6. The summed E-state index contributed by atoms with van der Waals surface area (Å²) in [4.78, 5) is 37.3. The summed E-state index contributed by atoms with van der Waals surface area (Å²) in [5.41, 5.74) is 0. The number of carbonyl (C=O) groups excluding carboxylic acids is 3. The van der Waals surface area contributed by atoms with Crippen LogP contribution in [0.25, 0.3) is 0 Å². The summed E-state index contributed by atoms with van der Waals surface area (Å²) in [6, 6.07) is 0. The van der Waals surface area contributed by atoms with Crippen molar-refractivity contribution < 1.29 is 28.6 Å². The van der Waals surface area contributed by atoms with E-state index < -0.39 is 6.10 Å². The fourth-order valence-corrected chi connectivity index (χ4v) is 4.81. The first-order valence-corrected chi connectivity index (χ1v) is 19.5. The zero-order chi connectivity index (χ0) is 35.9. The highest BCUT2D eigenvalue weighted by molar-refractivity contribution is 5.71. The van der Waals surface area contributed by atoms with Gasteiger partial charge in [0.2, 0.25) is 0 Å². The maximum Gasteiger partial charge on any atom is 0.306 e. The van der Waals surface area contributed by atoms with Crippen molar-refractivity contribution in [3.8, 4) is 0 Å². The number of allylic oxidation sites excluding steroid dienone is 12. The van der Waals surface area contributed by atoms with E-state index in [-0.39, 0.29) is 37.5 Å². The number of unbranched alkanes of at least 4 members (excludes halogenated alkanes) is 13. The summed E-state index contributed by atoms with van der Waals surface area (Å²) in [6.07, 6.45) is 44.8. The smallest absolute Gasteiger partial charge is 0.306 e. The van der Waals surface area contributed by atoms with Crippen LogP contribution in [0.5, 0.6) is 0 Å². The molecule has 1 atom stereocenters. The SMILES string of the molecule is CC\C=C/C=C\C=C/C=C\CCCCCC(=O)OCC(COC(=O)CCC/C=C\CCCCCC)OC(=O)CCC/C=C\CCCCCC. The molecular weight excluding hydrogens is 612 g/mol. The van der Waals surface area contributed by atoms with Gasteiger partial charge in [-0.3, -0.25) is 14.4 Å². The van der Waals surface area contributed by atoms with E-state index in [2.05, 4.69) is 57.2 Å². The average Bonchev–Trinajstić information content (AvgIpc) is 3.10. The molecule has 278 valence electrons. The molecule has 0 radical (unpaired) electrons. The van der Waals surface area contributed by atoms with Crippen LogP contribution < -0.4 is 0 Å². The Balaban J connectivity index is 4.52. The molecule has 49 heavy (non-hydrogen) atoms. The molecule has 1 unspecified atom stereocenters. The monoisotopic (exact) mass is 683 g/mol. The zero-order valence-electron chi connectivity index (χ0n) is 31.4. The zero-order valence-corrected chi connectivity index (χ0v) is 31.4. The van der Waals surface area contributed by atoms with Gasteiger partial charge in [0.1, 0.15) is 13.2 Å². The standard InChI is InChI=1S/C43H70O6/c1-4-7-10-13-16-19-20-21-22-25-27-30-33-36-42(45)48-39-40(49-43(46)37-34-31-28-24-18-15-12-9-6-3)38-47-41(44)35-32-29-26-23-17-14-11-8-5-2/h7,10,13,16,19-24,26,28,40H,4-6,8-9,11-12,14-15,17-18,25,27,29-39H2,1-3H3/b10-7-,16-13-,20-19-,22-21-,26-23-,28-24-. The second-order valence-electron chi connectivity index (χ2n) is 12.5. The molecule has 0 aliphatic heterocycles. The van der Waals surface area contributed by atoms with Crippen LogP contribution in [-0.2, 0) is 28.6 Å². The van der Waals surface area contributed by atoms with E-state index in [4.69, 9.17) is 14.2 Å². The van der Waals surface area contributed by atoms with Gasteiger partial charge in [-0.2, -0.15) is 0 Å². The van der Waals surface area contributed by atoms with E-state index >= 15 is 0 Å². The molecule has 0 bridgehead atoms. The first-order valence-electron chi connectivity index (χ1n) is 19.5. The van der Waals surface area contributed by atoms with Gasteiger partial charge in [0, 0.05) is 19.3 Å². The van der Waals surface area contributed by atoms with E-state index in [0.717, 1.165) is 57.8 Å². The Kier molecular flexibility index (Phi) is 35.2. The second-order valence-corrected chi connectivity index (χ2v) is 12.5. The van der Waals surface area contributed by atoms with Gasteiger partial charge in [0.15, 0.2) is 6.10 Å². The van der Waals surface area contributed by atoms with Gasteiger partial charge in [0.25, 0.3) is 0 Å². The number of ether oxygens (including phenoxy) is 3. The molecule has 0 aromatic heterocycles. The molecule has 6 heteroatoms. The van der Waals surface area contributed by atoms with Crippen LogP contribution in [-0.4, -0.2) is 37.2 Å². The quantitative estimate of drug-likeness (QED) is 0.0225. The Bertz CT molecular complexity index is 971. The number of carbonyl (C=O) groups is 3. The lowest BCUT2D eigenvalue weighted by Crippen LogP contribution is -2.30. The van der Waals surface area contributed by atoms with Crippen molar-refractivity contribution in [2.75, 3.05) is 13.2 Å². The van der Waals surface area contributed by atoms with Crippen molar-refractivity contribution in [1.29, 1.82) is 0 Å². The Morgan fingerprint density at radius 2 is 0.837 bits per heavy atom. The largest absolute Gasteiger partial charge is 0.462 e. The number of esters is 3. The minimum Gasteiger partial charge on any atom is -0.462 e. The Labute approximate surface area is 300 Å². The van der Waals surface area contributed by atoms with E-state index in [0.29, 0.717) is 25.7 Å².